The highest BCUT2D eigenvalue weighted by Gasteiger charge is 2.52. The largest absolute Gasteiger partial charge is 0.497 e. The van der Waals surface area contributed by atoms with Crippen molar-refractivity contribution in [3.63, 3.8) is 0 Å². The number of carbonyl (C=O) groups excluding carboxylic acids is 5. The maximum atomic E-state index is 13.5. The predicted molar refractivity (Wildman–Crippen MR) is 254 cm³/mol. The molecule has 5 atom stereocenters. The van der Waals surface area contributed by atoms with Gasteiger partial charge in [-0.05, 0) is 86.0 Å². The molecule has 4 aliphatic rings. The van der Waals surface area contributed by atoms with Crippen LogP contribution in [-0.4, -0.2) is 133 Å². The molecule has 0 saturated carbocycles. The number of ether oxygens (including phenoxy) is 1. The van der Waals surface area contributed by atoms with Crippen LogP contribution in [0.5, 0.6) is 5.75 Å². The van der Waals surface area contributed by atoms with E-state index >= 15 is 0 Å². The molecular weight excluding hydrogens is 921 g/mol. The number of methoxy groups -OCH3 is 1. The molecule has 4 aromatic rings. The molecule has 354 valence electrons. The third-order valence-corrected chi connectivity index (χ3v) is 16.3. The molecule has 8 rings (SSSR count). The summed E-state index contributed by atoms with van der Waals surface area (Å²) in [7, 11) is 0.602. The predicted octanol–water partition coefficient (Wildman–Crippen LogP) is 4.74. The maximum Gasteiger partial charge on any atom is 0.362 e. The zero-order chi connectivity index (χ0) is 47.3. The SMILES string of the molecule is COc1ccc(C2CNCCC2(Nc2ncc(Cl)c(Nc3ccccc3P(=O)(OC)OC)n2)C2CNCCN2C(C=O)CCCSc2ccc3c(c2)C(=O)N(C2CCC(=O)NC2=O)C3=O)cc1. The van der Waals surface area contributed by atoms with E-state index in [2.05, 4.69) is 43.6 Å². The molecule has 0 spiro atoms. The van der Waals surface area contributed by atoms with Gasteiger partial charge in [-0.25, -0.2) is 4.98 Å². The third kappa shape index (κ3) is 9.87. The van der Waals surface area contributed by atoms with Crippen molar-refractivity contribution in [2.24, 2.45) is 0 Å². The molecule has 5 heterocycles. The van der Waals surface area contributed by atoms with E-state index in [1.54, 1.807) is 49.6 Å². The Labute approximate surface area is 397 Å². The van der Waals surface area contributed by atoms with Gasteiger partial charge in [-0.2, -0.15) is 4.98 Å². The molecule has 3 aromatic carbocycles. The van der Waals surface area contributed by atoms with E-state index < -0.39 is 48.8 Å². The molecule has 3 saturated heterocycles. The van der Waals surface area contributed by atoms with Crippen LogP contribution in [0.2, 0.25) is 5.02 Å². The smallest absolute Gasteiger partial charge is 0.362 e. The first-order valence-electron chi connectivity index (χ1n) is 22.1. The molecule has 4 amide bonds. The monoisotopic (exact) mass is 973 g/mol. The topological polar surface area (TPSA) is 223 Å². The highest BCUT2D eigenvalue weighted by molar-refractivity contribution is 7.99. The van der Waals surface area contributed by atoms with Crippen molar-refractivity contribution in [2.45, 2.75) is 66.6 Å². The fourth-order valence-electron chi connectivity index (χ4n) is 9.65. The van der Waals surface area contributed by atoms with E-state index in [1.165, 1.54) is 32.2 Å². The third-order valence-electron chi connectivity index (χ3n) is 13.0. The number of amides is 4. The van der Waals surface area contributed by atoms with Crippen molar-refractivity contribution in [3.05, 3.63) is 94.6 Å². The molecule has 5 unspecified atom stereocenters. The molecule has 4 aliphatic heterocycles. The first-order chi connectivity index (χ1) is 32.4. The summed E-state index contributed by atoms with van der Waals surface area (Å²) in [5.74, 6) is -0.421. The number of piperidine rings is 2. The summed E-state index contributed by atoms with van der Waals surface area (Å²) in [5.41, 5.74) is 1.18. The second-order valence-electron chi connectivity index (χ2n) is 16.6. The zero-order valence-corrected chi connectivity index (χ0v) is 39.8. The van der Waals surface area contributed by atoms with E-state index in [4.69, 9.17) is 35.4 Å². The van der Waals surface area contributed by atoms with Crippen molar-refractivity contribution in [1.29, 1.82) is 0 Å². The number of fused-ring (bicyclic) bond motifs is 1. The van der Waals surface area contributed by atoms with Crippen LogP contribution in [0.15, 0.2) is 77.8 Å². The van der Waals surface area contributed by atoms with Crippen LogP contribution in [0.3, 0.4) is 0 Å². The first-order valence-corrected chi connectivity index (χ1v) is 25.0. The van der Waals surface area contributed by atoms with Crippen LogP contribution in [0.1, 0.15) is 64.3 Å². The molecular formula is C46H53ClN9O9PS. The molecule has 21 heteroatoms. The Balaban J connectivity index is 1.04. The summed E-state index contributed by atoms with van der Waals surface area (Å²) >= 11 is 8.26. The summed E-state index contributed by atoms with van der Waals surface area (Å²) in [4.78, 5) is 77.9. The summed E-state index contributed by atoms with van der Waals surface area (Å²) in [6.07, 6.45) is 4.52. The van der Waals surface area contributed by atoms with Gasteiger partial charge in [-0.3, -0.25) is 38.9 Å². The van der Waals surface area contributed by atoms with Crippen LogP contribution < -0.4 is 36.6 Å². The van der Waals surface area contributed by atoms with Crippen molar-refractivity contribution in [2.75, 3.05) is 70.4 Å². The second kappa shape index (κ2) is 21.0. The average Bonchev–Trinajstić information content (AvgIpc) is 3.60. The Morgan fingerprint density at radius 1 is 0.985 bits per heavy atom. The number of halogens is 1. The lowest BCUT2D eigenvalue weighted by molar-refractivity contribution is -0.136. The Morgan fingerprint density at radius 3 is 2.49 bits per heavy atom. The van der Waals surface area contributed by atoms with Crippen molar-refractivity contribution < 1.29 is 42.3 Å². The number of nitrogens with zero attached hydrogens (tertiary/aromatic N) is 4. The number of piperazine rings is 1. The van der Waals surface area contributed by atoms with Crippen molar-refractivity contribution >= 4 is 83.6 Å². The van der Waals surface area contributed by atoms with Crippen LogP contribution in [-0.2, 0) is 28.0 Å². The van der Waals surface area contributed by atoms with Crippen molar-refractivity contribution in [3.8, 4) is 5.75 Å². The molecule has 1 aromatic heterocycles. The summed E-state index contributed by atoms with van der Waals surface area (Å²) in [6, 6.07) is 18.3. The number of nitrogens with one attached hydrogen (secondary N) is 5. The number of hydrogen-bond acceptors (Lipinski definition) is 17. The standard InChI is InChI=1S/C46H53ClN9O9PS/c1-63-30-12-10-28(11-13-30)34-24-48-19-18-46(34,54-45-50-25-35(47)41(53-45)51-36-8-4-5-9-38(36)66(62,64-2)65-3)39-26-49-20-21-55(39)29(27-57)7-6-22-67-31-14-15-32-33(23-31)44(61)56(43(32)60)37-16-17-40(58)52-42(37)59/h4-5,8-15,23,25,27,29,34,37,39,48-49H,6-7,16-22,24,26H2,1-3H3,(H,52,58,59)(H2,50,51,53,54). The van der Waals surface area contributed by atoms with Gasteiger partial charge >= 0.3 is 7.60 Å². The Bertz CT molecular complexity index is 2570. The number of aldehydes is 1. The first kappa shape index (κ1) is 48.2. The van der Waals surface area contributed by atoms with E-state index in [0.717, 1.165) is 27.4 Å². The van der Waals surface area contributed by atoms with E-state index in [1.807, 2.05) is 12.1 Å². The van der Waals surface area contributed by atoms with E-state index in [0.29, 0.717) is 74.7 Å². The van der Waals surface area contributed by atoms with Gasteiger partial charge in [0.2, 0.25) is 17.8 Å². The second-order valence-corrected chi connectivity index (χ2v) is 20.4. The zero-order valence-electron chi connectivity index (χ0n) is 37.3. The van der Waals surface area contributed by atoms with Crippen LogP contribution in [0.4, 0.5) is 17.5 Å². The number of thioether (sulfide) groups is 1. The Kier molecular flexibility index (Phi) is 15.1. The quantitative estimate of drug-likeness (QED) is 0.0299. The molecule has 0 radical (unpaired) electrons. The van der Waals surface area contributed by atoms with Gasteiger partial charge in [0.05, 0.1) is 47.0 Å². The van der Waals surface area contributed by atoms with Gasteiger partial charge in [-0.15, -0.1) is 11.8 Å². The fourth-order valence-corrected chi connectivity index (χ4v) is 11.9. The molecule has 67 heavy (non-hydrogen) atoms. The number of imide groups is 2. The number of benzene rings is 3. The normalized spacial score (nSPS) is 22.8. The minimum absolute atomic E-state index is 0.0445. The Morgan fingerprint density at radius 2 is 1.75 bits per heavy atom. The van der Waals surface area contributed by atoms with Gasteiger partial charge in [0.15, 0.2) is 5.82 Å². The number of aromatic nitrogens is 2. The summed E-state index contributed by atoms with van der Waals surface area (Å²) in [5, 5.41) is 17.0. The van der Waals surface area contributed by atoms with Crippen molar-refractivity contribution in [1.82, 2.24) is 35.7 Å². The molecule has 0 aliphatic carbocycles. The number of carbonyl (C=O) groups is 5. The van der Waals surface area contributed by atoms with E-state index in [9.17, 15) is 28.5 Å². The number of hydrogen-bond donors (Lipinski definition) is 5. The van der Waals surface area contributed by atoms with Gasteiger partial charge < -0.3 is 39.8 Å². The highest BCUT2D eigenvalue weighted by atomic mass is 35.5. The lowest BCUT2D eigenvalue weighted by atomic mass is 9.68. The number of anilines is 3. The summed E-state index contributed by atoms with van der Waals surface area (Å²) in [6.45, 7) is 3.12. The minimum atomic E-state index is -3.67. The van der Waals surface area contributed by atoms with Crippen LogP contribution in [0, 0.1) is 0 Å². The minimum Gasteiger partial charge on any atom is -0.497 e. The van der Waals surface area contributed by atoms with Crippen LogP contribution in [0.25, 0.3) is 0 Å². The lowest BCUT2D eigenvalue weighted by Gasteiger charge is -2.55. The molecule has 0 bridgehead atoms. The number of para-hydroxylation sites is 1. The molecule has 5 N–H and O–H groups in total. The maximum absolute atomic E-state index is 13.5. The van der Waals surface area contributed by atoms with Gasteiger partial charge in [-0.1, -0.05) is 35.9 Å². The van der Waals surface area contributed by atoms with Gasteiger partial charge in [0.25, 0.3) is 11.8 Å². The lowest BCUT2D eigenvalue weighted by Crippen LogP contribution is -2.71. The van der Waals surface area contributed by atoms with Crippen LogP contribution >= 0.6 is 31.0 Å². The van der Waals surface area contributed by atoms with E-state index in [-0.39, 0.29) is 46.8 Å². The summed E-state index contributed by atoms with van der Waals surface area (Å²) < 4.78 is 29.7. The van der Waals surface area contributed by atoms with Gasteiger partial charge in [0, 0.05) is 63.7 Å². The highest BCUT2D eigenvalue weighted by Crippen LogP contribution is 2.48. The number of rotatable bonds is 18. The Hall–Kier alpha value is -5.24. The average molecular weight is 974 g/mol. The molecule has 3 fully saturated rings. The fraction of sp³-hybridized carbons (Fsp3) is 0.413. The molecule has 18 nitrogen and oxygen atoms in total. The van der Waals surface area contributed by atoms with Gasteiger partial charge in [0.1, 0.15) is 23.1 Å².